The van der Waals surface area contributed by atoms with Gasteiger partial charge < -0.3 is 4.74 Å². The SMILES string of the molecule is CC(C)c1c(Cl)[nH]c(=O)n(C2CCOCC2)c1=O. The highest BCUT2D eigenvalue weighted by Gasteiger charge is 2.23. The first kappa shape index (κ1) is 13.4. The molecule has 1 N–H and O–H groups in total. The lowest BCUT2D eigenvalue weighted by molar-refractivity contribution is 0.0673. The number of ether oxygens (including phenoxy) is 1. The maximum atomic E-state index is 12.4. The minimum Gasteiger partial charge on any atom is -0.381 e. The highest BCUT2D eigenvalue weighted by Crippen LogP contribution is 2.20. The summed E-state index contributed by atoms with van der Waals surface area (Å²) >= 11 is 5.95. The molecule has 0 saturated carbocycles. The van der Waals surface area contributed by atoms with E-state index in [0.29, 0.717) is 31.6 Å². The van der Waals surface area contributed by atoms with E-state index in [1.165, 1.54) is 4.57 Å². The molecule has 0 atom stereocenters. The Bertz CT molecular complexity index is 541. The number of rotatable bonds is 2. The number of hydrogen-bond donors (Lipinski definition) is 1. The lowest BCUT2D eigenvalue weighted by atomic mass is 10.1. The molecule has 2 rings (SSSR count). The van der Waals surface area contributed by atoms with E-state index in [4.69, 9.17) is 16.3 Å². The van der Waals surface area contributed by atoms with Crippen molar-refractivity contribution in [2.24, 2.45) is 0 Å². The average Bonchev–Trinajstić information content (AvgIpc) is 2.28. The molecule has 0 aromatic carbocycles. The number of halogens is 1. The van der Waals surface area contributed by atoms with Crippen molar-refractivity contribution in [1.29, 1.82) is 0 Å². The van der Waals surface area contributed by atoms with Crippen LogP contribution in [0.5, 0.6) is 0 Å². The van der Waals surface area contributed by atoms with E-state index in [1.807, 2.05) is 13.8 Å². The monoisotopic (exact) mass is 272 g/mol. The fraction of sp³-hybridized carbons (Fsp3) is 0.667. The number of aromatic amines is 1. The third-order valence-corrected chi connectivity index (χ3v) is 3.55. The van der Waals surface area contributed by atoms with E-state index in [1.54, 1.807) is 0 Å². The zero-order valence-corrected chi connectivity index (χ0v) is 11.3. The van der Waals surface area contributed by atoms with Crippen molar-refractivity contribution in [2.45, 2.75) is 38.6 Å². The Hall–Kier alpha value is -1.07. The van der Waals surface area contributed by atoms with Gasteiger partial charge in [0.05, 0.1) is 5.56 Å². The highest BCUT2D eigenvalue weighted by molar-refractivity contribution is 6.30. The first-order valence-electron chi connectivity index (χ1n) is 6.14. The molecular weight excluding hydrogens is 256 g/mol. The summed E-state index contributed by atoms with van der Waals surface area (Å²) in [6.07, 6.45) is 1.37. The van der Waals surface area contributed by atoms with Gasteiger partial charge in [0.25, 0.3) is 5.56 Å². The lowest BCUT2D eigenvalue weighted by Crippen LogP contribution is -2.42. The average molecular weight is 273 g/mol. The Kier molecular flexibility index (Phi) is 3.92. The van der Waals surface area contributed by atoms with Crippen LogP contribution in [0, 0.1) is 0 Å². The summed E-state index contributed by atoms with van der Waals surface area (Å²) in [6.45, 7) is 4.93. The molecule has 0 aliphatic carbocycles. The van der Waals surface area contributed by atoms with E-state index in [2.05, 4.69) is 4.98 Å². The molecule has 5 nitrogen and oxygen atoms in total. The summed E-state index contributed by atoms with van der Waals surface area (Å²) < 4.78 is 6.54. The molecule has 0 spiro atoms. The van der Waals surface area contributed by atoms with Crippen LogP contribution in [0.1, 0.15) is 44.2 Å². The molecule has 0 bridgehead atoms. The molecule has 100 valence electrons. The van der Waals surface area contributed by atoms with Gasteiger partial charge in [-0.1, -0.05) is 25.4 Å². The summed E-state index contributed by atoms with van der Waals surface area (Å²) in [6, 6.07) is -0.0928. The molecule has 18 heavy (non-hydrogen) atoms. The second kappa shape index (κ2) is 5.28. The van der Waals surface area contributed by atoms with Gasteiger partial charge in [0.1, 0.15) is 5.15 Å². The van der Waals surface area contributed by atoms with Crippen LogP contribution in [0.25, 0.3) is 0 Å². The van der Waals surface area contributed by atoms with Crippen molar-refractivity contribution in [3.63, 3.8) is 0 Å². The quantitative estimate of drug-likeness (QED) is 0.833. The van der Waals surface area contributed by atoms with Crippen LogP contribution in [-0.4, -0.2) is 22.8 Å². The van der Waals surface area contributed by atoms with Crippen LogP contribution < -0.4 is 11.2 Å². The number of nitrogens with one attached hydrogen (secondary N) is 1. The smallest absolute Gasteiger partial charge is 0.329 e. The number of aromatic nitrogens is 2. The van der Waals surface area contributed by atoms with Crippen molar-refractivity contribution in [2.75, 3.05) is 13.2 Å². The fourth-order valence-electron chi connectivity index (χ4n) is 2.31. The highest BCUT2D eigenvalue weighted by atomic mass is 35.5. The molecule has 6 heteroatoms. The van der Waals surface area contributed by atoms with Crippen LogP contribution >= 0.6 is 11.6 Å². The summed E-state index contributed by atoms with van der Waals surface area (Å²) in [5.41, 5.74) is -0.227. The minimum atomic E-state index is -0.429. The van der Waals surface area contributed by atoms with Gasteiger partial charge in [0, 0.05) is 19.3 Å². The molecule has 0 radical (unpaired) electrons. The van der Waals surface area contributed by atoms with Crippen molar-refractivity contribution in [3.05, 3.63) is 31.6 Å². The van der Waals surface area contributed by atoms with E-state index in [9.17, 15) is 9.59 Å². The number of hydrogen-bond acceptors (Lipinski definition) is 3. The molecular formula is C12H17ClN2O3. The minimum absolute atomic E-state index is 0.0204. The Labute approximate surface area is 110 Å². The zero-order chi connectivity index (χ0) is 13.3. The molecule has 0 amide bonds. The van der Waals surface area contributed by atoms with Crippen molar-refractivity contribution in [3.8, 4) is 0 Å². The van der Waals surface area contributed by atoms with Gasteiger partial charge in [-0.2, -0.15) is 0 Å². The Morgan fingerprint density at radius 3 is 2.50 bits per heavy atom. The summed E-state index contributed by atoms with van der Waals surface area (Å²) in [5, 5.41) is 0.156. The fourth-order valence-corrected chi connectivity index (χ4v) is 2.69. The third-order valence-electron chi connectivity index (χ3n) is 3.25. The molecule has 0 unspecified atom stereocenters. The Morgan fingerprint density at radius 2 is 1.94 bits per heavy atom. The Balaban J connectivity index is 2.56. The summed E-state index contributed by atoms with van der Waals surface area (Å²) in [5.74, 6) is -0.0204. The summed E-state index contributed by atoms with van der Waals surface area (Å²) in [4.78, 5) is 26.8. The van der Waals surface area contributed by atoms with Crippen LogP contribution in [0.15, 0.2) is 9.59 Å². The Morgan fingerprint density at radius 1 is 1.33 bits per heavy atom. The molecule has 1 aromatic heterocycles. The van der Waals surface area contributed by atoms with E-state index < -0.39 is 5.69 Å². The topological polar surface area (TPSA) is 64.1 Å². The maximum absolute atomic E-state index is 12.4. The first-order valence-corrected chi connectivity index (χ1v) is 6.52. The first-order chi connectivity index (χ1) is 8.52. The standard InChI is InChI=1S/C12H17ClN2O3/c1-7(2)9-10(13)14-12(17)15(11(9)16)8-3-5-18-6-4-8/h7-8H,3-6H2,1-2H3,(H,14,17). The van der Waals surface area contributed by atoms with E-state index >= 15 is 0 Å². The zero-order valence-electron chi connectivity index (χ0n) is 10.5. The predicted molar refractivity (Wildman–Crippen MR) is 69.5 cm³/mol. The third kappa shape index (κ3) is 2.37. The largest absolute Gasteiger partial charge is 0.381 e. The molecule has 1 saturated heterocycles. The number of H-pyrrole nitrogens is 1. The van der Waals surface area contributed by atoms with Crippen molar-refractivity contribution in [1.82, 2.24) is 9.55 Å². The normalized spacial score (nSPS) is 17.3. The van der Waals surface area contributed by atoms with Gasteiger partial charge in [-0.25, -0.2) is 4.79 Å². The van der Waals surface area contributed by atoms with Gasteiger partial charge in [0.2, 0.25) is 0 Å². The number of nitrogens with zero attached hydrogens (tertiary/aromatic N) is 1. The van der Waals surface area contributed by atoms with Gasteiger partial charge in [-0.3, -0.25) is 14.3 Å². The van der Waals surface area contributed by atoms with Crippen LogP contribution in [0.3, 0.4) is 0 Å². The lowest BCUT2D eigenvalue weighted by Gasteiger charge is -2.24. The molecule has 2 heterocycles. The maximum Gasteiger partial charge on any atom is 0.329 e. The second-order valence-electron chi connectivity index (χ2n) is 4.83. The van der Waals surface area contributed by atoms with Gasteiger partial charge >= 0.3 is 5.69 Å². The van der Waals surface area contributed by atoms with E-state index in [-0.39, 0.29) is 22.7 Å². The van der Waals surface area contributed by atoms with Crippen molar-refractivity contribution >= 4 is 11.6 Å². The van der Waals surface area contributed by atoms with Gasteiger partial charge in [0.15, 0.2) is 0 Å². The van der Waals surface area contributed by atoms with Crippen LogP contribution in [0.4, 0.5) is 0 Å². The second-order valence-corrected chi connectivity index (χ2v) is 5.21. The molecule has 1 aliphatic heterocycles. The molecule has 1 aromatic rings. The van der Waals surface area contributed by atoms with Crippen LogP contribution in [0.2, 0.25) is 5.15 Å². The van der Waals surface area contributed by atoms with Gasteiger partial charge in [-0.15, -0.1) is 0 Å². The molecule has 1 aliphatic rings. The summed E-state index contributed by atoms with van der Waals surface area (Å²) in [7, 11) is 0. The predicted octanol–water partition coefficient (Wildman–Crippen LogP) is 1.66. The van der Waals surface area contributed by atoms with Gasteiger partial charge in [-0.05, 0) is 18.8 Å². The van der Waals surface area contributed by atoms with E-state index in [0.717, 1.165) is 0 Å². The van der Waals surface area contributed by atoms with Crippen LogP contribution in [-0.2, 0) is 4.74 Å². The van der Waals surface area contributed by atoms with Crippen molar-refractivity contribution < 1.29 is 4.74 Å². The molecule has 1 fully saturated rings.